The molecule has 0 amide bonds. The summed E-state index contributed by atoms with van der Waals surface area (Å²) >= 11 is 0. The first-order valence-corrected chi connectivity index (χ1v) is 17.8. The number of aliphatic imine (C=N–C) groups is 1. The van der Waals surface area contributed by atoms with E-state index in [9.17, 15) is 0 Å². The van der Waals surface area contributed by atoms with Crippen LogP contribution in [0, 0.1) is 11.8 Å². The first kappa shape index (κ1) is 28.6. The molecule has 4 nitrogen and oxygen atoms in total. The van der Waals surface area contributed by atoms with Crippen LogP contribution in [-0.4, -0.2) is 22.0 Å². The number of hydrogen-bond donors (Lipinski definition) is 1. The maximum atomic E-state index is 5.38. The molecule has 0 saturated carbocycles. The Kier molecular flexibility index (Phi) is 6.18. The highest BCUT2D eigenvalue weighted by Gasteiger charge is 2.51. The fourth-order valence-electron chi connectivity index (χ4n) is 9.15. The molecule has 0 saturated heterocycles. The van der Waals surface area contributed by atoms with Gasteiger partial charge in [0, 0.05) is 33.6 Å². The summed E-state index contributed by atoms with van der Waals surface area (Å²) in [6.07, 6.45) is 23.1. The second-order valence-corrected chi connectivity index (χ2v) is 14.8. The van der Waals surface area contributed by atoms with Gasteiger partial charge in [0.15, 0.2) is 0 Å². The fraction of sp³-hybridized carbons (Fsp3) is 0.222. The van der Waals surface area contributed by atoms with E-state index in [0.717, 1.165) is 35.5 Å². The maximum absolute atomic E-state index is 5.38. The zero-order chi connectivity index (χ0) is 32.9. The van der Waals surface area contributed by atoms with Gasteiger partial charge < -0.3 is 14.8 Å². The van der Waals surface area contributed by atoms with Crippen LogP contribution < -0.4 is 10.2 Å². The van der Waals surface area contributed by atoms with E-state index in [4.69, 9.17) is 4.99 Å². The third-order valence-electron chi connectivity index (χ3n) is 11.5. The molecule has 5 aliphatic rings. The number of anilines is 2. The smallest absolute Gasteiger partial charge is 0.144 e. The Hall–Kier alpha value is -5.35. The van der Waals surface area contributed by atoms with Crippen molar-refractivity contribution in [3.05, 3.63) is 150 Å². The zero-order valence-electron chi connectivity index (χ0n) is 28.3. The summed E-state index contributed by atoms with van der Waals surface area (Å²) in [4.78, 5) is 8.00. The summed E-state index contributed by atoms with van der Waals surface area (Å²) in [5.41, 5.74) is 13.2. The molecular weight excluding hydrogens is 597 g/mol. The van der Waals surface area contributed by atoms with Crippen molar-refractivity contribution >= 4 is 56.4 Å². The van der Waals surface area contributed by atoms with Crippen LogP contribution in [0.3, 0.4) is 0 Å². The second kappa shape index (κ2) is 10.6. The summed E-state index contributed by atoms with van der Waals surface area (Å²) in [5, 5.41) is 6.75. The largest absolute Gasteiger partial charge is 0.358 e. The quantitative estimate of drug-likeness (QED) is 0.214. The molecule has 1 aromatic heterocycles. The van der Waals surface area contributed by atoms with Gasteiger partial charge in [-0.2, -0.15) is 0 Å². The Labute approximate surface area is 288 Å². The zero-order valence-corrected chi connectivity index (χ0v) is 28.3. The summed E-state index contributed by atoms with van der Waals surface area (Å²) in [5.74, 6) is 1.20. The molecule has 5 unspecified atom stereocenters. The van der Waals surface area contributed by atoms with Gasteiger partial charge in [-0.3, -0.25) is 0 Å². The van der Waals surface area contributed by atoms with E-state index in [-0.39, 0.29) is 17.6 Å². The van der Waals surface area contributed by atoms with Crippen LogP contribution in [0.5, 0.6) is 0 Å². The number of para-hydroxylation sites is 2. The minimum Gasteiger partial charge on any atom is -0.358 e. The van der Waals surface area contributed by atoms with Gasteiger partial charge in [0.25, 0.3) is 0 Å². The highest BCUT2D eigenvalue weighted by atomic mass is 15.4. The summed E-state index contributed by atoms with van der Waals surface area (Å²) in [6.45, 7) is 7.07. The van der Waals surface area contributed by atoms with Gasteiger partial charge in [-0.1, -0.05) is 111 Å². The molecule has 0 bridgehead atoms. The lowest BCUT2D eigenvalue weighted by molar-refractivity contribution is 0.490. The number of nitrogens with zero attached hydrogens (tertiary/aromatic N) is 3. The minimum absolute atomic E-state index is 0.176. The first-order chi connectivity index (χ1) is 24.0. The predicted molar refractivity (Wildman–Crippen MR) is 207 cm³/mol. The third-order valence-corrected chi connectivity index (χ3v) is 11.5. The number of benzene rings is 4. The van der Waals surface area contributed by atoms with Crippen molar-refractivity contribution in [3.63, 3.8) is 0 Å². The lowest BCUT2D eigenvalue weighted by atomic mass is 9.80. The highest BCUT2D eigenvalue weighted by Crippen LogP contribution is 2.55. The van der Waals surface area contributed by atoms with E-state index in [1.54, 1.807) is 0 Å². The molecule has 0 radical (unpaired) electrons. The molecular formula is C45H40N4. The van der Waals surface area contributed by atoms with Crippen molar-refractivity contribution in [1.82, 2.24) is 4.57 Å². The molecule has 3 heterocycles. The molecule has 240 valence electrons. The average molecular weight is 637 g/mol. The van der Waals surface area contributed by atoms with Crippen molar-refractivity contribution in [3.8, 4) is 0 Å². The van der Waals surface area contributed by atoms with Crippen molar-refractivity contribution in [2.45, 2.75) is 51.2 Å². The Morgan fingerprint density at radius 3 is 2.59 bits per heavy atom. The van der Waals surface area contributed by atoms with Crippen LogP contribution in [0.1, 0.15) is 55.4 Å². The van der Waals surface area contributed by atoms with Crippen LogP contribution in [0.15, 0.2) is 132 Å². The van der Waals surface area contributed by atoms with E-state index in [2.05, 4.69) is 169 Å². The van der Waals surface area contributed by atoms with Crippen LogP contribution in [0.2, 0.25) is 0 Å². The van der Waals surface area contributed by atoms with Crippen molar-refractivity contribution in [2.75, 3.05) is 10.2 Å². The van der Waals surface area contributed by atoms with Crippen LogP contribution in [0.4, 0.5) is 17.1 Å². The van der Waals surface area contributed by atoms with E-state index >= 15 is 0 Å². The van der Waals surface area contributed by atoms with Crippen LogP contribution in [0.25, 0.3) is 33.6 Å². The fourth-order valence-corrected chi connectivity index (χ4v) is 9.15. The number of fused-ring (bicyclic) bond motifs is 9. The number of rotatable bonds is 3. The van der Waals surface area contributed by atoms with Crippen molar-refractivity contribution in [2.24, 2.45) is 16.8 Å². The Balaban J connectivity index is 1.27. The molecule has 1 N–H and O–H groups in total. The normalized spacial score (nSPS) is 26.2. The topological polar surface area (TPSA) is 32.6 Å². The molecule has 3 aliphatic carbocycles. The van der Waals surface area contributed by atoms with Gasteiger partial charge in [0.05, 0.1) is 33.7 Å². The predicted octanol–water partition coefficient (Wildman–Crippen LogP) is 10.8. The molecule has 0 spiro atoms. The Bertz CT molecular complexity index is 2380. The Morgan fingerprint density at radius 2 is 1.71 bits per heavy atom. The monoisotopic (exact) mass is 636 g/mol. The number of hydrogen-bond acceptors (Lipinski definition) is 3. The third kappa shape index (κ3) is 4.19. The van der Waals surface area contributed by atoms with Gasteiger partial charge in [-0.05, 0) is 84.7 Å². The molecule has 4 heteroatoms. The lowest BCUT2D eigenvalue weighted by Gasteiger charge is -2.46. The van der Waals surface area contributed by atoms with E-state index in [1.165, 1.54) is 49.9 Å². The molecule has 10 rings (SSSR count). The number of allylic oxidation sites excluding steroid dienone is 7. The standard InChI is InChI=1S/C45H40N4/c1-28-12-11-15-32(24-28)48-39-22-21-30-20-19-29(2)25-33(30)42(39)35-26-34-36-16-9-10-23-45(36,3)49(41(34)27-40(35)48)44-43(31-13-5-4-6-14-31)46-37-17-7-8-18-38(37)47-44/h4-11,13-24,26-29,36,44,47H,12,25H2,1-3H3. The minimum atomic E-state index is -0.300. The van der Waals surface area contributed by atoms with Crippen molar-refractivity contribution < 1.29 is 0 Å². The van der Waals surface area contributed by atoms with Crippen molar-refractivity contribution in [1.29, 1.82) is 0 Å². The van der Waals surface area contributed by atoms with Gasteiger partial charge in [0.1, 0.15) is 6.17 Å². The summed E-state index contributed by atoms with van der Waals surface area (Å²) < 4.78 is 2.55. The lowest BCUT2D eigenvalue weighted by Crippen LogP contribution is -2.57. The van der Waals surface area contributed by atoms with E-state index in [1.807, 2.05) is 0 Å². The van der Waals surface area contributed by atoms with Gasteiger partial charge in [0.2, 0.25) is 0 Å². The molecule has 2 aliphatic heterocycles. The molecule has 4 aromatic carbocycles. The molecule has 5 atom stereocenters. The van der Waals surface area contributed by atoms with Gasteiger partial charge in [-0.25, -0.2) is 4.99 Å². The molecule has 0 fully saturated rings. The molecule has 5 aromatic rings. The number of nitrogens with one attached hydrogen (secondary N) is 1. The average Bonchev–Trinajstić information content (AvgIpc) is 3.58. The molecule has 49 heavy (non-hydrogen) atoms. The van der Waals surface area contributed by atoms with Crippen LogP contribution in [-0.2, 0) is 6.42 Å². The van der Waals surface area contributed by atoms with Gasteiger partial charge >= 0.3 is 0 Å². The van der Waals surface area contributed by atoms with E-state index < -0.39 is 0 Å². The first-order valence-electron chi connectivity index (χ1n) is 17.8. The van der Waals surface area contributed by atoms with Gasteiger partial charge in [-0.15, -0.1) is 0 Å². The number of aromatic nitrogens is 1. The second-order valence-electron chi connectivity index (χ2n) is 14.8. The Morgan fingerprint density at radius 1 is 0.857 bits per heavy atom. The highest BCUT2D eigenvalue weighted by molar-refractivity contribution is 6.16. The maximum Gasteiger partial charge on any atom is 0.144 e. The SMILES string of the molecule is CC1C=C(n2c3cc4c(cc3c3c5c(ccc32)C=CC(C)C5)C2C=CC=CC2(C)N4C2Nc3ccccc3N=C2c2ccccc2)C=CC1. The summed E-state index contributed by atoms with van der Waals surface area (Å²) in [6, 6.07) is 28.9. The summed E-state index contributed by atoms with van der Waals surface area (Å²) in [7, 11) is 0. The van der Waals surface area contributed by atoms with Crippen LogP contribution >= 0.6 is 0 Å². The van der Waals surface area contributed by atoms with E-state index in [0.29, 0.717) is 11.8 Å².